The Bertz CT molecular complexity index is 351. The van der Waals surface area contributed by atoms with Crippen LogP contribution in [0.1, 0.15) is 25.1 Å². The SMILES string of the molecule is CC(F)(F)c1cc(N)cn1[C@H]1CCOC1. The molecule has 0 unspecified atom stereocenters. The van der Waals surface area contributed by atoms with E-state index in [1.54, 1.807) is 10.8 Å². The van der Waals surface area contributed by atoms with E-state index in [0.717, 1.165) is 13.3 Å². The average molecular weight is 216 g/mol. The molecule has 0 aliphatic carbocycles. The molecule has 0 saturated carbocycles. The van der Waals surface area contributed by atoms with Crippen LogP contribution in [0.2, 0.25) is 0 Å². The van der Waals surface area contributed by atoms with Gasteiger partial charge >= 0.3 is 0 Å². The summed E-state index contributed by atoms with van der Waals surface area (Å²) >= 11 is 0. The molecule has 15 heavy (non-hydrogen) atoms. The van der Waals surface area contributed by atoms with Crippen LogP contribution < -0.4 is 5.73 Å². The van der Waals surface area contributed by atoms with Gasteiger partial charge in [-0.25, -0.2) is 8.78 Å². The third-order valence-electron chi connectivity index (χ3n) is 2.62. The van der Waals surface area contributed by atoms with Crippen molar-refractivity contribution in [3.05, 3.63) is 18.0 Å². The quantitative estimate of drug-likeness (QED) is 0.822. The zero-order valence-electron chi connectivity index (χ0n) is 8.54. The van der Waals surface area contributed by atoms with Crippen molar-refractivity contribution in [3.8, 4) is 0 Å². The molecule has 1 aromatic heterocycles. The summed E-state index contributed by atoms with van der Waals surface area (Å²) in [7, 11) is 0. The molecule has 0 spiro atoms. The lowest BCUT2D eigenvalue weighted by molar-refractivity contribution is 0.00737. The number of alkyl halides is 2. The Kier molecular flexibility index (Phi) is 2.42. The van der Waals surface area contributed by atoms with Gasteiger partial charge in [0.1, 0.15) is 0 Å². The fourth-order valence-electron chi connectivity index (χ4n) is 1.90. The minimum Gasteiger partial charge on any atom is -0.397 e. The van der Waals surface area contributed by atoms with Gasteiger partial charge < -0.3 is 15.0 Å². The lowest BCUT2D eigenvalue weighted by Gasteiger charge is -2.18. The lowest BCUT2D eigenvalue weighted by Crippen LogP contribution is -2.18. The highest BCUT2D eigenvalue weighted by atomic mass is 19.3. The van der Waals surface area contributed by atoms with Crippen molar-refractivity contribution in [2.24, 2.45) is 0 Å². The zero-order valence-corrected chi connectivity index (χ0v) is 8.54. The lowest BCUT2D eigenvalue weighted by atomic mass is 10.2. The molecule has 0 amide bonds. The first-order chi connectivity index (χ1) is 6.98. The highest BCUT2D eigenvalue weighted by Crippen LogP contribution is 2.33. The number of nitrogens with two attached hydrogens (primary N) is 1. The fraction of sp³-hybridized carbons (Fsp3) is 0.600. The number of ether oxygens (including phenoxy) is 1. The molecule has 84 valence electrons. The minimum atomic E-state index is -2.86. The van der Waals surface area contributed by atoms with Crippen LogP contribution in [-0.4, -0.2) is 17.8 Å². The van der Waals surface area contributed by atoms with E-state index in [2.05, 4.69) is 0 Å². The number of anilines is 1. The molecule has 2 N–H and O–H groups in total. The molecule has 3 nitrogen and oxygen atoms in total. The number of hydrogen-bond donors (Lipinski definition) is 1. The second-order valence-electron chi connectivity index (χ2n) is 3.97. The van der Waals surface area contributed by atoms with Gasteiger partial charge in [-0.3, -0.25) is 0 Å². The van der Waals surface area contributed by atoms with Crippen LogP contribution in [0.4, 0.5) is 14.5 Å². The third kappa shape index (κ3) is 1.97. The first kappa shape index (κ1) is 10.4. The van der Waals surface area contributed by atoms with E-state index in [4.69, 9.17) is 10.5 Å². The van der Waals surface area contributed by atoms with E-state index >= 15 is 0 Å². The molecule has 2 heterocycles. The molecule has 0 aromatic carbocycles. The fourth-order valence-corrected chi connectivity index (χ4v) is 1.90. The number of hydrogen-bond acceptors (Lipinski definition) is 2. The van der Waals surface area contributed by atoms with Gasteiger partial charge in [-0.05, 0) is 12.5 Å². The number of nitrogens with zero attached hydrogens (tertiary/aromatic N) is 1. The van der Waals surface area contributed by atoms with Crippen molar-refractivity contribution in [1.29, 1.82) is 0 Å². The van der Waals surface area contributed by atoms with Crippen LogP contribution in [0.15, 0.2) is 12.3 Å². The summed E-state index contributed by atoms with van der Waals surface area (Å²) in [6, 6.07) is 1.32. The maximum absolute atomic E-state index is 13.3. The Hall–Kier alpha value is -1.10. The van der Waals surface area contributed by atoms with Crippen LogP contribution in [-0.2, 0) is 10.7 Å². The predicted molar refractivity (Wildman–Crippen MR) is 52.9 cm³/mol. The van der Waals surface area contributed by atoms with Crippen molar-refractivity contribution >= 4 is 5.69 Å². The number of halogens is 2. The topological polar surface area (TPSA) is 40.2 Å². The van der Waals surface area contributed by atoms with E-state index in [-0.39, 0.29) is 11.7 Å². The maximum atomic E-state index is 13.3. The van der Waals surface area contributed by atoms with Crippen molar-refractivity contribution < 1.29 is 13.5 Å². The number of nitrogen functional groups attached to an aromatic ring is 1. The molecular formula is C10H14F2N2O. The number of aromatic nitrogens is 1. The van der Waals surface area contributed by atoms with Crippen LogP contribution >= 0.6 is 0 Å². The second-order valence-corrected chi connectivity index (χ2v) is 3.97. The summed E-state index contributed by atoms with van der Waals surface area (Å²) in [5, 5.41) is 0. The Morgan fingerprint density at radius 1 is 1.60 bits per heavy atom. The Labute approximate surface area is 86.8 Å². The van der Waals surface area contributed by atoms with Crippen LogP contribution in [0.3, 0.4) is 0 Å². The molecular weight excluding hydrogens is 202 g/mol. The molecule has 1 aliphatic rings. The normalized spacial score (nSPS) is 22.2. The summed E-state index contributed by atoms with van der Waals surface area (Å²) in [6.45, 7) is 1.99. The monoisotopic (exact) mass is 216 g/mol. The predicted octanol–water partition coefficient (Wildman–Crippen LogP) is 2.14. The highest BCUT2D eigenvalue weighted by Gasteiger charge is 2.32. The summed E-state index contributed by atoms with van der Waals surface area (Å²) in [5.41, 5.74) is 5.89. The number of rotatable bonds is 2. The van der Waals surface area contributed by atoms with Gasteiger partial charge in [0.05, 0.1) is 18.3 Å². The van der Waals surface area contributed by atoms with Crippen LogP contribution in [0, 0.1) is 0 Å². The van der Waals surface area contributed by atoms with Gasteiger partial charge in [0.2, 0.25) is 0 Å². The molecule has 0 bridgehead atoms. The van der Waals surface area contributed by atoms with Gasteiger partial charge in [-0.15, -0.1) is 0 Å². The van der Waals surface area contributed by atoms with Gasteiger partial charge in [0.15, 0.2) is 0 Å². The molecule has 1 atom stereocenters. The average Bonchev–Trinajstić information content (AvgIpc) is 2.68. The molecule has 1 aromatic rings. The van der Waals surface area contributed by atoms with Crippen molar-refractivity contribution in [2.75, 3.05) is 18.9 Å². The van der Waals surface area contributed by atoms with Crippen molar-refractivity contribution in [3.63, 3.8) is 0 Å². The summed E-state index contributed by atoms with van der Waals surface area (Å²) in [5.74, 6) is -2.86. The third-order valence-corrected chi connectivity index (χ3v) is 2.62. The summed E-state index contributed by atoms with van der Waals surface area (Å²) in [6.07, 6.45) is 2.32. The van der Waals surface area contributed by atoms with E-state index in [1.807, 2.05) is 0 Å². The molecule has 0 radical (unpaired) electrons. The first-order valence-corrected chi connectivity index (χ1v) is 4.92. The maximum Gasteiger partial charge on any atom is 0.285 e. The van der Waals surface area contributed by atoms with Crippen molar-refractivity contribution in [2.45, 2.75) is 25.3 Å². The molecule has 1 aliphatic heterocycles. The largest absolute Gasteiger partial charge is 0.397 e. The van der Waals surface area contributed by atoms with Crippen molar-refractivity contribution in [1.82, 2.24) is 4.57 Å². The summed E-state index contributed by atoms with van der Waals surface area (Å²) < 4.78 is 33.3. The minimum absolute atomic E-state index is 0.0110. The molecule has 1 saturated heterocycles. The van der Waals surface area contributed by atoms with E-state index in [1.165, 1.54) is 6.07 Å². The van der Waals surface area contributed by atoms with Gasteiger partial charge in [0, 0.05) is 25.4 Å². The Morgan fingerprint density at radius 3 is 2.87 bits per heavy atom. The van der Waals surface area contributed by atoms with Gasteiger partial charge in [-0.2, -0.15) is 0 Å². The Morgan fingerprint density at radius 2 is 2.33 bits per heavy atom. The standard InChI is InChI=1S/C10H14F2N2O/c1-10(11,12)9-4-7(13)5-14(9)8-2-3-15-6-8/h4-5,8H,2-3,6,13H2,1H3/t8-/m0/s1. The molecule has 1 fully saturated rings. The van der Waals surface area contributed by atoms with Crippen LogP contribution in [0.25, 0.3) is 0 Å². The van der Waals surface area contributed by atoms with Gasteiger partial charge in [0.25, 0.3) is 5.92 Å². The van der Waals surface area contributed by atoms with E-state index < -0.39 is 5.92 Å². The van der Waals surface area contributed by atoms with E-state index in [0.29, 0.717) is 18.9 Å². The van der Waals surface area contributed by atoms with Gasteiger partial charge in [-0.1, -0.05) is 0 Å². The smallest absolute Gasteiger partial charge is 0.285 e. The van der Waals surface area contributed by atoms with Crippen LogP contribution in [0.5, 0.6) is 0 Å². The zero-order chi connectivity index (χ0) is 11.1. The highest BCUT2D eigenvalue weighted by molar-refractivity contribution is 5.40. The Balaban J connectivity index is 2.37. The summed E-state index contributed by atoms with van der Waals surface area (Å²) in [4.78, 5) is 0. The molecule has 2 rings (SSSR count). The second kappa shape index (κ2) is 3.48. The first-order valence-electron chi connectivity index (χ1n) is 4.92. The van der Waals surface area contributed by atoms with E-state index in [9.17, 15) is 8.78 Å². The molecule has 5 heteroatoms.